The average molecular weight is 379 g/mol. The van der Waals surface area contributed by atoms with Gasteiger partial charge in [0.2, 0.25) is 0 Å². The Balaban J connectivity index is 1.53. The summed E-state index contributed by atoms with van der Waals surface area (Å²) < 4.78 is 0. The minimum atomic E-state index is -0.681. The SMILES string of the molecule is C[C@]12CCC3C(C1CC[C@@H]2CCCC(=O)O)[C@H](O)C[C@@H]1C[C@H](O)CC[C@]31C. The van der Waals surface area contributed by atoms with Gasteiger partial charge in [0.05, 0.1) is 12.2 Å². The monoisotopic (exact) mass is 378 g/mol. The molecule has 0 bridgehead atoms. The molecule has 3 unspecified atom stereocenters. The van der Waals surface area contributed by atoms with Crippen molar-refractivity contribution in [3.63, 3.8) is 0 Å². The molecule has 4 aliphatic rings. The van der Waals surface area contributed by atoms with Crippen LogP contribution in [0.4, 0.5) is 0 Å². The summed E-state index contributed by atoms with van der Waals surface area (Å²) in [5.41, 5.74) is 0.559. The zero-order chi connectivity index (χ0) is 19.4. The van der Waals surface area contributed by atoms with Gasteiger partial charge in [-0.15, -0.1) is 0 Å². The van der Waals surface area contributed by atoms with Gasteiger partial charge in [0.25, 0.3) is 0 Å². The Morgan fingerprint density at radius 2 is 1.67 bits per heavy atom. The lowest BCUT2D eigenvalue weighted by Crippen LogP contribution is -2.58. The van der Waals surface area contributed by atoms with Crippen LogP contribution in [-0.2, 0) is 4.79 Å². The second-order valence-electron chi connectivity index (χ2n) is 10.8. The maximum absolute atomic E-state index is 11.2. The first-order valence-corrected chi connectivity index (χ1v) is 11.3. The number of carboxylic acid groups (broad SMARTS) is 1. The molecule has 0 aliphatic heterocycles. The van der Waals surface area contributed by atoms with Gasteiger partial charge in [-0.3, -0.25) is 4.79 Å². The van der Waals surface area contributed by atoms with Crippen molar-refractivity contribution >= 4 is 5.97 Å². The van der Waals surface area contributed by atoms with Crippen LogP contribution in [0.5, 0.6) is 0 Å². The fraction of sp³-hybridized carbons (Fsp3) is 0.957. The summed E-state index contributed by atoms with van der Waals surface area (Å²) in [6, 6.07) is 0. The van der Waals surface area contributed by atoms with Gasteiger partial charge in [-0.2, -0.15) is 0 Å². The number of rotatable bonds is 4. The molecule has 4 saturated carbocycles. The van der Waals surface area contributed by atoms with Crippen LogP contribution < -0.4 is 0 Å². The van der Waals surface area contributed by atoms with Gasteiger partial charge >= 0.3 is 5.97 Å². The van der Waals surface area contributed by atoms with E-state index >= 15 is 0 Å². The molecule has 0 aromatic rings. The molecule has 0 spiro atoms. The standard InChI is InChI=1S/C23H38O4/c1-22-11-9-18-21(17(22)7-6-14(22)4-3-5-20(26)27)19(25)13-15-12-16(24)8-10-23(15,18)2/h14-19,21,24-25H,3-13H2,1-2H3,(H,26,27)/t14-,15-,16+,17?,18?,19+,21?,22+,23-/m0/s1. The van der Waals surface area contributed by atoms with E-state index in [2.05, 4.69) is 13.8 Å². The third-order valence-corrected chi connectivity index (χ3v) is 9.80. The van der Waals surface area contributed by atoms with Crippen LogP contribution in [-0.4, -0.2) is 33.5 Å². The second-order valence-corrected chi connectivity index (χ2v) is 10.8. The third kappa shape index (κ3) is 3.15. The number of hydrogen-bond acceptors (Lipinski definition) is 3. The van der Waals surface area contributed by atoms with E-state index in [9.17, 15) is 15.0 Å². The summed E-state index contributed by atoms with van der Waals surface area (Å²) in [5.74, 6) is 1.99. The van der Waals surface area contributed by atoms with Crippen molar-refractivity contribution in [2.24, 2.45) is 40.4 Å². The molecule has 9 atom stereocenters. The molecule has 4 aliphatic carbocycles. The lowest BCUT2D eigenvalue weighted by Gasteiger charge is -2.62. The maximum Gasteiger partial charge on any atom is 0.303 e. The molecule has 3 N–H and O–H groups in total. The summed E-state index contributed by atoms with van der Waals surface area (Å²) in [6.07, 6.45) is 10.3. The molecule has 0 amide bonds. The molecule has 4 heteroatoms. The fourth-order valence-corrected chi connectivity index (χ4v) is 8.28. The first kappa shape index (κ1) is 19.7. The number of carbonyl (C=O) groups is 1. The molecular weight excluding hydrogens is 340 g/mol. The Bertz CT molecular complexity index is 577. The van der Waals surface area contributed by atoms with Crippen LogP contribution in [0.25, 0.3) is 0 Å². The highest BCUT2D eigenvalue weighted by molar-refractivity contribution is 5.66. The summed E-state index contributed by atoms with van der Waals surface area (Å²) in [4.78, 5) is 10.9. The predicted octanol–water partition coefficient (Wildman–Crippen LogP) is 4.23. The molecule has 0 saturated heterocycles. The average Bonchev–Trinajstić information content (AvgIpc) is 2.93. The largest absolute Gasteiger partial charge is 0.481 e. The number of hydrogen-bond donors (Lipinski definition) is 3. The van der Waals surface area contributed by atoms with Crippen LogP contribution in [0.2, 0.25) is 0 Å². The number of aliphatic hydroxyl groups excluding tert-OH is 2. The normalized spacial score (nSPS) is 51.9. The highest BCUT2D eigenvalue weighted by atomic mass is 16.4. The van der Waals surface area contributed by atoms with Crippen molar-refractivity contribution in [3.05, 3.63) is 0 Å². The van der Waals surface area contributed by atoms with Gasteiger partial charge in [-0.05, 0) is 105 Å². The van der Waals surface area contributed by atoms with E-state index in [-0.39, 0.29) is 29.5 Å². The minimum Gasteiger partial charge on any atom is -0.481 e. The number of aliphatic carboxylic acids is 1. The molecule has 0 aromatic heterocycles. The zero-order valence-electron chi connectivity index (χ0n) is 17.1. The van der Waals surface area contributed by atoms with Crippen molar-refractivity contribution in [2.45, 2.75) is 96.7 Å². The van der Waals surface area contributed by atoms with Crippen LogP contribution in [0.3, 0.4) is 0 Å². The van der Waals surface area contributed by atoms with Gasteiger partial charge in [0.15, 0.2) is 0 Å². The summed E-state index contributed by atoms with van der Waals surface area (Å²) in [5, 5.41) is 30.3. The van der Waals surface area contributed by atoms with Gasteiger partial charge < -0.3 is 15.3 Å². The Labute approximate surface area is 163 Å². The van der Waals surface area contributed by atoms with Crippen molar-refractivity contribution in [2.75, 3.05) is 0 Å². The van der Waals surface area contributed by atoms with Crippen molar-refractivity contribution in [3.8, 4) is 0 Å². The van der Waals surface area contributed by atoms with Crippen molar-refractivity contribution in [1.82, 2.24) is 0 Å². The van der Waals surface area contributed by atoms with Gasteiger partial charge in [0.1, 0.15) is 0 Å². The molecule has 0 aromatic carbocycles. The van der Waals surface area contributed by atoms with Crippen molar-refractivity contribution in [1.29, 1.82) is 0 Å². The topological polar surface area (TPSA) is 77.8 Å². The first-order chi connectivity index (χ1) is 12.8. The van der Waals surface area contributed by atoms with Gasteiger partial charge in [-0.1, -0.05) is 13.8 Å². The lowest BCUT2D eigenvalue weighted by atomic mass is 9.44. The van der Waals surface area contributed by atoms with Gasteiger partial charge in [-0.25, -0.2) is 0 Å². The predicted molar refractivity (Wildman–Crippen MR) is 104 cm³/mol. The van der Waals surface area contributed by atoms with Gasteiger partial charge in [0, 0.05) is 6.42 Å². The number of carboxylic acids is 1. The molecule has 4 nitrogen and oxygen atoms in total. The van der Waals surface area contributed by atoms with Crippen LogP contribution in [0.1, 0.15) is 84.5 Å². The third-order valence-electron chi connectivity index (χ3n) is 9.80. The molecule has 4 fully saturated rings. The highest BCUT2D eigenvalue weighted by Gasteiger charge is 2.62. The first-order valence-electron chi connectivity index (χ1n) is 11.3. The molecule has 0 radical (unpaired) electrons. The lowest BCUT2D eigenvalue weighted by molar-refractivity contribution is -0.172. The van der Waals surface area contributed by atoms with E-state index in [1.807, 2.05) is 0 Å². The van der Waals surface area contributed by atoms with Crippen LogP contribution in [0.15, 0.2) is 0 Å². The second kappa shape index (κ2) is 7.02. The number of fused-ring (bicyclic) bond motifs is 5. The van der Waals surface area contributed by atoms with E-state index in [0.717, 1.165) is 38.5 Å². The smallest absolute Gasteiger partial charge is 0.303 e. The quantitative estimate of drug-likeness (QED) is 0.684. The van der Waals surface area contributed by atoms with E-state index in [1.165, 1.54) is 25.7 Å². The molecule has 0 heterocycles. The molecule has 154 valence electrons. The summed E-state index contributed by atoms with van der Waals surface area (Å²) in [6.45, 7) is 4.90. The van der Waals surface area contributed by atoms with Crippen LogP contribution >= 0.6 is 0 Å². The highest BCUT2D eigenvalue weighted by Crippen LogP contribution is 2.67. The van der Waals surface area contributed by atoms with E-state index in [1.54, 1.807) is 0 Å². The molecule has 27 heavy (non-hydrogen) atoms. The maximum atomic E-state index is 11.2. The summed E-state index contributed by atoms with van der Waals surface area (Å²) >= 11 is 0. The fourth-order valence-electron chi connectivity index (χ4n) is 8.28. The Morgan fingerprint density at radius 3 is 2.41 bits per heavy atom. The van der Waals surface area contributed by atoms with E-state index in [0.29, 0.717) is 29.6 Å². The Morgan fingerprint density at radius 1 is 0.963 bits per heavy atom. The van der Waals surface area contributed by atoms with E-state index in [4.69, 9.17) is 5.11 Å². The van der Waals surface area contributed by atoms with E-state index < -0.39 is 5.97 Å². The summed E-state index contributed by atoms with van der Waals surface area (Å²) in [7, 11) is 0. The molecular formula is C23H38O4. The Hall–Kier alpha value is -0.610. The van der Waals surface area contributed by atoms with Crippen molar-refractivity contribution < 1.29 is 20.1 Å². The zero-order valence-corrected chi connectivity index (χ0v) is 17.1. The van der Waals surface area contributed by atoms with Crippen LogP contribution in [0, 0.1) is 40.4 Å². The molecule has 4 rings (SSSR count). The minimum absolute atomic E-state index is 0.175. The number of aliphatic hydroxyl groups is 2. The Kier molecular flexibility index (Phi) is 5.12.